The normalized spacial score (nSPS) is 12.4. The van der Waals surface area contributed by atoms with Crippen molar-refractivity contribution in [3.8, 4) is 0 Å². The zero-order chi connectivity index (χ0) is 10.4. The SMILES string of the molecule is O=C(O)CC[C@H](O)Cc1ccccc1. The molecule has 2 N–H and O–H groups in total. The Kier molecular flexibility index (Phi) is 4.13. The lowest BCUT2D eigenvalue weighted by atomic mass is 10.0. The zero-order valence-corrected chi connectivity index (χ0v) is 7.89. The maximum atomic E-state index is 10.2. The first-order valence-corrected chi connectivity index (χ1v) is 4.62. The summed E-state index contributed by atoms with van der Waals surface area (Å²) in [4.78, 5) is 10.2. The molecule has 0 amide bonds. The van der Waals surface area contributed by atoms with Gasteiger partial charge in [-0.05, 0) is 18.4 Å². The fourth-order valence-electron chi connectivity index (χ4n) is 1.28. The Morgan fingerprint density at radius 3 is 2.50 bits per heavy atom. The third-order valence-corrected chi connectivity index (χ3v) is 2.01. The van der Waals surface area contributed by atoms with Crippen LogP contribution in [-0.4, -0.2) is 22.3 Å². The number of aliphatic hydroxyl groups is 1. The smallest absolute Gasteiger partial charge is 0.303 e. The highest BCUT2D eigenvalue weighted by atomic mass is 16.4. The second kappa shape index (κ2) is 5.40. The molecule has 1 atom stereocenters. The van der Waals surface area contributed by atoms with Gasteiger partial charge in [-0.15, -0.1) is 0 Å². The summed E-state index contributed by atoms with van der Waals surface area (Å²) in [6, 6.07) is 9.56. The summed E-state index contributed by atoms with van der Waals surface area (Å²) in [7, 11) is 0. The van der Waals surface area contributed by atoms with Crippen molar-refractivity contribution in [3.05, 3.63) is 35.9 Å². The van der Waals surface area contributed by atoms with Crippen molar-refractivity contribution in [2.24, 2.45) is 0 Å². The largest absolute Gasteiger partial charge is 0.481 e. The Labute approximate surface area is 83.0 Å². The topological polar surface area (TPSA) is 57.5 Å². The van der Waals surface area contributed by atoms with Gasteiger partial charge in [-0.25, -0.2) is 0 Å². The van der Waals surface area contributed by atoms with E-state index in [4.69, 9.17) is 5.11 Å². The maximum Gasteiger partial charge on any atom is 0.303 e. The molecule has 0 aliphatic rings. The van der Waals surface area contributed by atoms with Gasteiger partial charge in [0.15, 0.2) is 0 Å². The minimum atomic E-state index is -0.864. The summed E-state index contributed by atoms with van der Waals surface area (Å²) < 4.78 is 0. The molecule has 1 rings (SSSR count). The van der Waals surface area contributed by atoms with Crippen LogP contribution in [-0.2, 0) is 11.2 Å². The van der Waals surface area contributed by atoms with Crippen LogP contribution in [0.25, 0.3) is 0 Å². The average molecular weight is 194 g/mol. The van der Waals surface area contributed by atoms with Gasteiger partial charge in [0.2, 0.25) is 0 Å². The summed E-state index contributed by atoms with van der Waals surface area (Å²) in [5, 5.41) is 17.9. The van der Waals surface area contributed by atoms with Gasteiger partial charge in [-0.2, -0.15) is 0 Å². The number of aliphatic carboxylic acids is 1. The first kappa shape index (κ1) is 10.7. The van der Waals surface area contributed by atoms with Gasteiger partial charge in [0.25, 0.3) is 0 Å². The second-order valence-corrected chi connectivity index (χ2v) is 3.28. The summed E-state index contributed by atoms with van der Waals surface area (Å²) in [5.74, 6) is -0.864. The fourth-order valence-corrected chi connectivity index (χ4v) is 1.28. The van der Waals surface area contributed by atoms with Gasteiger partial charge < -0.3 is 10.2 Å². The molecule has 14 heavy (non-hydrogen) atoms. The summed E-state index contributed by atoms with van der Waals surface area (Å²) >= 11 is 0. The third kappa shape index (κ3) is 4.05. The molecule has 3 heteroatoms. The van der Waals surface area contributed by atoms with Gasteiger partial charge in [0.1, 0.15) is 0 Å². The molecule has 3 nitrogen and oxygen atoms in total. The molecule has 0 heterocycles. The van der Waals surface area contributed by atoms with Crippen molar-refractivity contribution in [1.82, 2.24) is 0 Å². The van der Waals surface area contributed by atoms with Crippen molar-refractivity contribution < 1.29 is 15.0 Å². The van der Waals surface area contributed by atoms with Crippen LogP contribution >= 0.6 is 0 Å². The van der Waals surface area contributed by atoms with E-state index in [1.165, 1.54) is 0 Å². The molecule has 0 unspecified atom stereocenters. The predicted molar refractivity (Wildman–Crippen MR) is 53.0 cm³/mol. The monoisotopic (exact) mass is 194 g/mol. The number of rotatable bonds is 5. The van der Waals surface area contributed by atoms with Crippen molar-refractivity contribution >= 4 is 5.97 Å². The lowest BCUT2D eigenvalue weighted by Gasteiger charge is -2.08. The first-order valence-electron chi connectivity index (χ1n) is 4.62. The molecule has 76 valence electrons. The number of carbonyl (C=O) groups is 1. The van der Waals surface area contributed by atoms with E-state index in [1.54, 1.807) is 0 Å². The molecule has 0 saturated heterocycles. The van der Waals surface area contributed by atoms with E-state index in [1.807, 2.05) is 30.3 Å². The van der Waals surface area contributed by atoms with Crippen LogP contribution in [0.5, 0.6) is 0 Å². The number of benzene rings is 1. The van der Waals surface area contributed by atoms with Gasteiger partial charge in [-0.3, -0.25) is 4.79 Å². The number of aliphatic hydroxyl groups excluding tert-OH is 1. The van der Waals surface area contributed by atoms with Crippen LogP contribution in [0.15, 0.2) is 30.3 Å². The molecule has 0 saturated carbocycles. The molecular formula is C11H14O3. The molecule has 0 aliphatic carbocycles. The Bertz CT molecular complexity index is 282. The molecule has 0 spiro atoms. The van der Waals surface area contributed by atoms with Crippen molar-refractivity contribution in [2.45, 2.75) is 25.4 Å². The van der Waals surface area contributed by atoms with Gasteiger partial charge >= 0.3 is 5.97 Å². The van der Waals surface area contributed by atoms with Crippen molar-refractivity contribution in [2.75, 3.05) is 0 Å². The van der Waals surface area contributed by atoms with E-state index >= 15 is 0 Å². The highest BCUT2D eigenvalue weighted by molar-refractivity contribution is 5.66. The van der Waals surface area contributed by atoms with E-state index in [-0.39, 0.29) is 6.42 Å². The zero-order valence-electron chi connectivity index (χ0n) is 7.89. The van der Waals surface area contributed by atoms with Crippen LogP contribution in [0.2, 0.25) is 0 Å². The van der Waals surface area contributed by atoms with Crippen LogP contribution in [0.3, 0.4) is 0 Å². The number of carboxylic acids is 1. The van der Waals surface area contributed by atoms with Gasteiger partial charge in [0, 0.05) is 6.42 Å². The Morgan fingerprint density at radius 1 is 1.29 bits per heavy atom. The lowest BCUT2D eigenvalue weighted by molar-refractivity contribution is -0.137. The highest BCUT2D eigenvalue weighted by Crippen LogP contribution is 2.07. The molecule has 0 radical (unpaired) electrons. The van der Waals surface area contributed by atoms with Crippen molar-refractivity contribution in [3.63, 3.8) is 0 Å². The maximum absolute atomic E-state index is 10.2. The first-order chi connectivity index (χ1) is 6.68. The van der Waals surface area contributed by atoms with E-state index < -0.39 is 12.1 Å². The van der Waals surface area contributed by atoms with Crippen molar-refractivity contribution in [1.29, 1.82) is 0 Å². The number of hydrogen-bond donors (Lipinski definition) is 2. The third-order valence-electron chi connectivity index (χ3n) is 2.01. The second-order valence-electron chi connectivity index (χ2n) is 3.28. The summed E-state index contributed by atoms with van der Waals surface area (Å²) in [6.07, 6.45) is 0.292. The quantitative estimate of drug-likeness (QED) is 0.746. The minimum Gasteiger partial charge on any atom is -0.481 e. The van der Waals surface area contributed by atoms with E-state index in [9.17, 15) is 9.90 Å². The Hall–Kier alpha value is -1.35. The van der Waals surface area contributed by atoms with Crippen LogP contribution in [0.4, 0.5) is 0 Å². The summed E-state index contributed by atoms with van der Waals surface area (Å²) in [5.41, 5.74) is 1.03. The van der Waals surface area contributed by atoms with Crippen LogP contribution < -0.4 is 0 Å². The standard InChI is InChI=1S/C11H14O3/c12-10(6-7-11(13)14)8-9-4-2-1-3-5-9/h1-5,10,12H,6-8H2,(H,13,14)/t10-/m0/s1. The van der Waals surface area contributed by atoms with Crippen LogP contribution in [0.1, 0.15) is 18.4 Å². The molecule has 0 aliphatic heterocycles. The highest BCUT2D eigenvalue weighted by Gasteiger charge is 2.07. The molecular weight excluding hydrogens is 180 g/mol. The number of carboxylic acid groups (broad SMARTS) is 1. The molecule has 0 aromatic heterocycles. The Balaban J connectivity index is 2.34. The molecule has 0 fully saturated rings. The predicted octanol–water partition coefficient (Wildman–Crippen LogP) is 1.45. The molecule has 0 bridgehead atoms. The van der Waals surface area contributed by atoms with Gasteiger partial charge in [-0.1, -0.05) is 30.3 Å². The molecule has 1 aromatic rings. The number of hydrogen-bond acceptors (Lipinski definition) is 2. The van der Waals surface area contributed by atoms with E-state index in [2.05, 4.69) is 0 Å². The average Bonchev–Trinajstić information content (AvgIpc) is 2.16. The fraction of sp³-hybridized carbons (Fsp3) is 0.364. The summed E-state index contributed by atoms with van der Waals surface area (Å²) in [6.45, 7) is 0. The van der Waals surface area contributed by atoms with E-state index in [0.29, 0.717) is 12.8 Å². The Morgan fingerprint density at radius 2 is 1.93 bits per heavy atom. The van der Waals surface area contributed by atoms with E-state index in [0.717, 1.165) is 5.56 Å². The molecule has 1 aromatic carbocycles. The minimum absolute atomic E-state index is 0.0218. The van der Waals surface area contributed by atoms with Crippen LogP contribution in [0, 0.1) is 0 Å². The van der Waals surface area contributed by atoms with Gasteiger partial charge in [0.05, 0.1) is 6.10 Å². The lowest BCUT2D eigenvalue weighted by Crippen LogP contribution is -2.12.